The number of hydrogen-bond donors (Lipinski definition) is 0. The Morgan fingerprint density at radius 2 is 2.43 bits per heavy atom. The topological polar surface area (TPSA) is 3.24 Å². The lowest BCUT2D eigenvalue weighted by Crippen LogP contribution is -2.18. The number of hydrogen-bond acceptors (Lipinski definition) is 1. The van der Waals surface area contributed by atoms with Crippen molar-refractivity contribution in [3.63, 3.8) is 0 Å². The third kappa shape index (κ3) is 0.942. The van der Waals surface area contributed by atoms with E-state index in [2.05, 4.69) is 18.9 Å². The van der Waals surface area contributed by atoms with E-state index in [-0.39, 0.29) is 0 Å². The molecule has 0 N–H and O–H groups in total. The molecule has 0 spiro atoms. The van der Waals surface area contributed by atoms with Crippen LogP contribution in [0.25, 0.3) is 0 Å². The maximum atomic E-state index is 3.85. The molecule has 1 nitrogen and oxygen atoms in total. The van der Waals surface area contributed by atoms with E-state index < -0.39 is 0 Å². The molecule has 1 rings (SSSR count). The number of nitrogens with zero attached hydrogens (tertiary/aromatic N) is 1. The van der Waals surface area contributed by atoms with Crippen LogP contribution in [0.3, 0.4) is 0 Å². The van der Waals surface area contributed by atoms with Crippen LogP contribution in [0.1, 0.15) is 19.8 Å². The molecule has 0 radical (unpaired) electrons. The molecule has 0 amide bonds. The van der Waals surface area contributed by atoms with Crippen molar-refractivity contribution in [2.24, 2.45) is 0 Å². The van der Waals surface area contributed by atoms with Crippen LogP contribution in [0.5, 0.6) is 0 Å². The standard InChI is InChI=1S/C6H12N/c1-6-4-3-5-7(6)2/h6H,2-5H2,1H3/q-1/t6-/m1/s1. The highest BCUT2D eigenvalue weighted by molar-refractivity contribution is 4.73. The average molecular weight is 98.2 g/mol. The van der Waals surface area contributed by atoms with Gasteiger partial charge < -0.3 is 4.90 Å². The van der Waals surface area contributed by atoms with Gasteiger partial charge in [0, 0.05) is 0 Å². The Balaban J connectivity index is 2.33. The summed E-state index contributed by atoms with van der Waals surface area (Å²) >= 11 is 0. The molecule has 0 aromatic carbocycles. The molecule has 1 heterocycles. The Kier molecular flexibility index (Phi) is 1.33. The highest BCUT2D eigenvalue weighted by atomic mass is 15.1. The summed E-state index contributed by atoms with van der Waals surface area (Å²) < 4.78 is 0. The summed E-state index contributed by atoms with van der Waals surface area (Å²) in [6.07, 6.45) is 2.67. The number of rotatable bonds is 0. The second kappa shape index (κ2) is 1.83. The highest BCUT2D eigenvalue weighted by Crippen LogP contribution is 2.13. The maximum absolute atomic E-state index is 3.85. The summed E-state index contributed by atoms with van der Waals surface area (Å²) in [5, 5.41) is 0. The second-order valence-corrected chi connectivity index (χ2v) is 2.30. The SMILES string of the molecule is [CH2-]N1CCC[C@H]1C. The maximum Gasteiger partial charge on any atom is -0.0213 e. The highest BCUT2D eigenvalue weighted by Gasteiger charge is 2.09. The van der Waals surface area contributed by atoms with Gasteiger partial charge in [0.25, 0.3) is 0 Å². The molecule has 1 aliphatic heterocycles. The Morgan fingerprint density at radius 1 is 1.71 bits per heavy atom. The van der Waals surface area contributed by atoms with Crippen molar-refractivity contribution < 1.29 is 0 Å². The largest absolute Gasteiger partial charge is 0.457 e. The molecule has 0 saturated carbocycles. The minimum absolute atomic E-state index is 0.736. The van der Waals surface area contributed by atoms with E-state index in [0.29, 0.717) is 0 Å². The first-order valence-corrected chi connectivity index (χ1v) is 2.88. The minimum Gasteiger partial charge on any atom is -0.457 e. The normalized spacial score (nSPS) is 34.3. The summed E-state index contributed by atoms with van der Waals surface area (Å²) in [4.78, 5) is 2.15. The van der Waals surface area contributed by atoms with Crippen molar-refractivity contribution in [3.8, 4) is 0 Å². The molecule has 1 heteroatoms. The predicted molar refractivity (Wildman–Crippen MR) is 30.8 cm³/mol. The molecule has 0 aromatic heterocycles. The van der Waals surface area contributed by atoms with Gasteiger partial charge in [0.1, 0.15) is 0 Å². The van der Waals surface area contributed by atoms with Gasteiger partial charge in [0.2, 0.25) is 0 Å². The van der Waals surface area contributed by atoms with Gasteiger partial charge in [-0.3, -0.25) is 7.05 Å². The zero-order valence-corrected chi connectivity index (χ0v) is 4.85. The second-order valence-electron chi connectivity index (χ2n) is 2.30. The molecule has 1 aliphatic rings. The lowest BCUT2D eigenvalue weighted by molar-refractivity contribution is 0.366. The van der Waals surface area contributed by atoms with Crippen molar-refractivity contribution in [2.75, 3.05) is 6.54 Å². The first kappa shape index (κ1) is 5.10. The Labute approximate surface area is 45.3 Å². The first-order chi connectivity index (χ1) is 3.30. The van der Waals surface area contributed by atoms with Gasteiger partial charge >= 0.3 is 0 Å². The van der Waals surface area contributed by atoms with Gasteiger partial charge in [-0.05, 0) is 25.4 Å². The van der Waals surface area contributed by atoms with E-state index in [1.54, 1.807) is 0 Å². The van der Waals surface area contributed by atoms with Gasteiger partial charge in [-0.2, -0.15) is 0 Å². The van der Waals surface area contributed by atoms with E-state index in [1.165, 1.54) is 19.4 Å². The molecule has 7 heavy (non-hydrogen) atoms. The van der Waals surface area contributed by atoms with Crippen LogP contribution in [-0.4, -0.2) is 17.5 Å². The molecule has 42 valence electrons. The summed E-state index contributed by atoms with van der Waals surface area (Å²) in [7, 11) is 3.85. The van der Waals surface area contributed by atoms with E-state index in [4.69, 9.17) is 0 Å². The van der Waals surface area contributed by atoms with Gasteiger partial charge in [-0.1, -0.05) is 6.92 Å². The fourth-order valence-corrected chi connectivity index (χ4v) is 0.993. The molecule has 0 aromatic rings. The third-order valence-corrected chi connectivity index (χ3v) is 1.69. The molecule has 1 fully saturated rings. The van der Waals surface area contributed by atoms with Crippen LogP contribution >= 0.6 is 0 Å². The Hall–Kier alpha value is -0.0400. The summed E-state index contributed by atoms with van der Waals surface area (Å²) in [6.45, 7) is 3.42. The fraction of sp³-hybridized carbons (Fsp3) is 0.833. The van der Waals surface area contributed by atoms with Crippen LogP contribution in [0.2, 0.25) is 0 Å². The van der Waals surface area contributed by atoms with Crippen LogP contribution < -0.4 is 0 Å². The smallest absolute Gasteiger partial charge is 0.0213 e. The monoisotopic (exact) mass is 98.1 g/mol. The van der Waals surface area contributed by atoms with Gasteiger partial charge in [0.15, 0.2) is 0 Å². The zero-order chi connectivity index (χ0) is 5.28. The predicted octanol–water partition coefficient (Wildman–Crippen LogP) is 1.26. The van der Waals surface area contributed by atoms with Crippen molar-refractivity contribution in [1.29, 1.82) is 0 Å². The first-order valence-electron chi connectivity index (χ1n) is 2.88. The van der Waals surface area contributed by atoms with Crippen LogP contribution in [0, 0.1) is 7.05 Å². The fourth-order valence-electron chi connectivity index (χ4n) is 0.993. The Morgan fingerprint density at radius 3 is 2.57 bits per heavy atom. The molecular weight excluding hydrogens is 86.1 g/mol. The summed E-state index contributed by atoms with van der Waals surface area (Å²) in [6, 6.07) is 0.736. The lowest BCUT2D eigenvalue weighted by Gasteiger charge is -2.22. The molecule has 0 bridgehead atoms. The van der Waals surface area contributed by atoms with Crippen LogP contribution in [0.4, 0.5) is 0 Å². The molecular formula is C6H12N-. The van der Waals surface area contributed by atoms with Gasteiger partial charge in [-0.15, -0.1) is 0 Å². The van der Waals surface area contributed by atoms with Crippen molar-refractivity contribution in [2.45, 2.75) is 25.8 Å². The van der Waals surface area contributed by atoms with E-state index in [0.717, 1.165) is 6.04 Å². The molecule has 1 atom stereocenters. The van der Waals surface area contributed by atoms with Crippen molar-refractivity contribution in [1.82, 2.24) is 4.90 Å². The summed E-state index contributed by atoms with van der Waals surface area (Å²) in [5.74, 6) is 0. The Bertz CT molecular complexity index is 53.2. The molecule has 0 unspecified atom stereocenters. The van der Waals surface area contributed by atoms with E-state index in [9.17, 15) is 0 Å². The van der Waals surface area contributed by atoms with Crippen LogP contribution in [0.15, 0.2) is 0 Å². The van der Waals surface area contributed by atoms with Gasteiger partial charge in [-0.25, -0.2) is 0 Å². The average Bonchev–Trinajstić information content (AvgIpc) is 1.91. The molecule has 0 aliphatic carbocycles. The van der Waals surface area contributed by atoms with Crippen LogP contribution in [-0.2, 0) is 0 Å². The van der Waals surface area contributed by atoms with Gasteiger partial charge in [0.05, 0.1) is 0 Å². The quantitative estimate of drug-likeness (QED) is 0.412. The minimum atomic E-state index is 0.736. The number of likely N-dealkylation sites (tertiary alicyclic amines) is 1. The van der Waals surface area contributed by atoms with E-state index >= 15 is 0 Å². The van der Waals surface area contributed by atoms with E-state index in [1.807, 2.05) is 0 Å². The van der Waals surface area contributed by atoms with Crippen molar-refractivity contribution in [3.05, 3.63) is 7.05 Å². The summed E-state index contributed by atoms with van der Waals surface area (Å²) in [5.41, 5.74) is 0. The zero-order valence-electron chi connectivity index (χ0n) is 4.85. The third-order valence-electron chi connectivity index (χ3n) is 1.69. The molecule has 1 saturated heterocycles. The van der Waals surface area contributed by atoms with Crippen molar-refractivity contribution >= 4 is 0 Å². The lowest BCUT2D eigenvalue weighted by atomic mass is 10.3.